The van der Waals surface area contributed by atoms with E-state index in [1.165, 1.54) is 0 Å². The van der Waals surface area contributed by atoms with Gasteiger partial charge in [-0.05, 0) is 19.1 Å². The van der Waals surface area contributed by atoms with Crippen molar-refractivity contribution in [3.05, 3.63) is 47.0 Å². The van der Waals surface area contributed by atoms with Crippen molar-refractivity contribution in [3.8, 4) is 5.75 Å². The Morgan fingerprint density at radius 3 is 2.94 bits per heavy atom. The Morgan fingerprint density at radius 1 is 1.44 bits per heavy atom. The molecule has 1 aromatic heterocycles. The zero-order valence-electron chi connectivity index (χ0n) is 10.3. The van der Waals surface area contributed by atoms with Crippen LogP contribution in [0.1, 0.15) is 11.4 Å². The third-order valence-electron chi connectivity index (χ3n) is 2.79. The molecule has 18 heavy (non-hydrogen) atoms. The number of hydrogen-bond donors (Lipinski definition) is 1. The highest BCUT2D eigenvalue weighted by molar-refractivity contribution is 6.31. The van der Waals surface area contributed by atoms with Crippen LogP contribution >= 0.6 is 11.6 Å². The topological polar surface area (TPSA) is 53.1 Å². The van der Waals surface area contributed by atoms with E-state index in [1.807, 2.05) is 35.9 Å². The summed E-state index contributed by atoms with van der Waals surface area (Å²) in [5.41, 5.74) is 6.51. The predicted molar refractivity (Wildman–Crippen MR) is 71.8 cm³/mol. The Bertz CT molecular complexity index is 525. The van der Waals surface area contributed by atoms with Crippen molar-refractivity contribution < 1.29 is 4.74 Å². The number of halogens is 1. The molecular weight excluding hydrogens is 250 g/mol. The molecule has 0 bridgehead atoms. The average Bonchev–Trinajstić information content (AvgIpc) is 2.75. The summed E-state index contributed by atoms with van der Waals surface area (Å²) in [5, 5.41) is 0.647. The Kier molecular flexibility index (Phi) is 4.23. The standard InChI is InChI=1S/C13H16ClN3O/c1-10-16-5-6-17(10)7-8-18-13-4-2-3-12(14)11(13)9-15/h2-6H,7-9,15H2,1H3. The zero-order chi connectivity index (χ0) is 13.0. The first-order valence-corrected chi connectivity index (χ1v) is 6.18. The number of rotatable bonds is 5. The van der Waals surface area contributed by atoms with Crippen molar-refractivity contribution in [2.24, 2.45) is 5.73 Å². The molecule has 0 amide bonds. The lowest BCUT2D eigenvalue weighted by atomic mass is 10.2. The van der Waals surface area contributed by atoms with Crippen LogP contribution in [0.5, 0.6) is 5.75 Å². The lowest BCUT2D eigenvalue weighted by Gasteiger charge is -2.12. The highest BCUT2D eigenvalue weighted by Gasteiger charge is 2.06. The lowest BCUT2D eigenvalue weighted by Crippen LogP contribution is -2.10. The SMILES string of the molecule is Cc1nccn1CCOc1cccc(Cl)c1CN. The van der Waals surface area contributed by atoms with Crippen LogP contribution in [-0.2, 0) is 13.1 Å². The summed E-state index contributed by atoms with van der Waals surface area (Å²) in [4.78, 5) is 4.16. The molecule has 5 heteroatoms. The van der Waals surface area contributed by atoms with E-state index >= 15 is 0 Å². The smallest absolute Gasteiger partial charge is 0.125 e. The second kappa shape index (κ2) is 5.89. The minimum atomic E-state index is 0.374. The number of imidazole rings is 1. The predicted octanol–water partition coefficient (Wildman–Crippen LogP) is 2.38. The van der Waals surface area contributed by atoms with Crippen LogP contribution in [0.3, 0.4) is 0 Å². The molecule has 1 aromatic carbocycles. The van der Waals surface area contributed by atoms with Gasteiger partial charge in [-0.3, -0.25) is 0 Å². The molecule has 1 heterocycles. The molecule has 0 atom stereocenters. The van der Waals surface area contributed by atoms with Gasteiger partial charge in [-0.1, -0.05) is 17.7 Å². The van der Waals surface area contributed by atoms with E-state index in [1.54, 1.807) is 6.20 Å². The number of benzene rings is 1. The largest absolute Gasteiger partial charge is 0.491 e. The van der Waals surface area contributed by atoms with Gasteiger partial charge in [0.25, 0.3) is 0 Å². The first kappa shape index (κ1) is 12.9. The molecule has 0 aliphatic carbocycles. The van der Waals surface area contributed by atoms with E-state index in [4.69, 9.17) is 22.1 Å². The summed E-state index contributed by atoms with van der Waals surface area (Å²) >= 11 is 6.06. The molecule has 96 valence electrons. The second-order valence-electron chi connectivity index (χ2n) is 3.94. The van der Waals surface area contributed by atoms with Gasteiger partial charge in [-0.25, -0.2) is 4.98 Å². The maximum Gasteiger partial charge on any atom is 0.125 e. The second-order valence-corrected chi connectivity index (χ2v) is 4.34. The summed E-state index contributed by atoms with van der Waals surface area (Å²) in [6, 6.07) is 5.56. The molecule has 0 aliphatic rings. The summed E-state index contributed by atoms with van der Waals surface area (Å²) < 4.78 is 7.76. The van der Waals surface area contributed by atoms with Crippen LogP contribution in [-0.4, -0.2) is 16.2 Å². The van der Waals surface area contributed by atoms with Gasteiger partial charge in [-0.15, -0.1) is 0 Å². The molecule has 0 radical (unpaired) electrons. The van der Waals surface area contributed by atoms with Crippen molar-refractivity contribution in [2.75, 3.05) is 6.61 Å². The van der Waals surface area contributed by atoms with Crippen molar-refractivity contribution >= 4 is 11.6 Å². The van der Waals surface area contributed by atoms with Crippen LogP contribution in [0.2, 0.25) is 5.02 Å². The van der Waals surface area contributed by atoms with Crippen LogP contribution in [0, 0.1) is 6.92 Å². The van der Waals surface area contributed by atoms with Crippen molar-refractivity contribution in [3.63, 3.8) is 0 Å². The van der Waals surface area contributed by atoms with E-state index in [-0.39, 0.29) is 0 Å². The van der Waals surface area contributed by atoms with Crippen molar-refractivity contribution in [1.82, 2.24) is 9.55 Å². The molecular formula is C13H16ClN3O. The Balaban J connectivity index is 1.98. The average molecular weight is 266 g/mol. The highest BCUT2D eigenvalue weighted by atomic mass is 35.5. The van der Waals surface area contributed by atoms with E-state index in [9.17, 15) is 0 Å². The van der Waals surface area contributed by atoms with Gasteiger partial charge in [0.2, 0.25) is 0 Å². The van der Waals surface area contributed by atoms with Gasteiger partial charge in [-0.2, -0.15) is 0 Å². The molecule has 0 aliphatic heterocycles. The summed E-state index contributed by atoms with van der Waals surface area (Å²) in [7, 11) is 0. The molecule has 4 nitrogen and oxygen atoms in total. The van der Waals surface area contributed by atoms with Gasteiger partial charge < -0.3 is 15.0 Å². The highest BCUT2D eigenvalue weighted by Crippen LogP contribution is 2.25. The fourth-order valence-electron chi connectivity index (χ4n) is 1.77. The third-order valence-corrected chi connectivity index (χ3v) is 3.15. The number of ether oxygens (including phenoxy) is 1. The first-order chi connectivity index (χ1) is 8.72. The summed E-state index contributed by atoms with van der Waals surface area (Å²) in [6.45, 7) is 3.65. The van der Waals surface area contributed by atoms with Crippen molar-refractivity contribution in [1.29, 1.82) is 0 Å². The molecule has 2 aromatic rings. The van der Waals surface area contributed by atoms with Gasteiger partial charge in [0, 0.05) is 29.5 Å². The van der Waals surface area contributed by atoms with Crippen LogP contribution in [0.25, 0.3) is 0 Å². The number of aryl methyl sites for hydroxylation is 1. The van der Waals surface area contributed by atoms with Gasteiger partial charge in [0.05, 0.1) is 6.54 Å². The molecule has 0 fully saturated rings. The summed E-state index contributed by atoms with van der Waals surface area (Å²) in [5.74, 6) is 1.73. The Labute approximate surface area is 111 Å². The number of hydrogen-bond acceptors (Lipinski definition) is 3. The van der Waals surface area contributed by atoms with Gasteiger partial charge in [0.15, 0.2) is 0 Å². The van der Waals surface area contributed by atoms with Crippen LogP contribution in [0.4, 0.5) is 0 Å². The maximum atomic E-state index is 6.06. The van der Waals surface area contributed by atoms with E-state index in [0.29, 0.717) is 18.2 Å². The minimum absolute atomic E-state index is 0.374. The fourth-order valence-corrected chi connectivity index (χ4v) is 2.01. The third kappa shape index (κ3) is 2.83. The van der Waals surface area contributed by atoms with Crippen LogP contribution in [0.15, 0.2) is 30.6 Å². The Morgan fingerprint density at radius 2 is 2.28 bits per heavy atom. The van der Waals surface area contributed by atoms with Gasteiger partial charge >= 0.3 is 0 Å². The quantitative estimate of drug-likeness (QED) is 0.903. The maximum absolute atomic E-state index is 6.06. The van der Waals surface area contributed by atoms with Crippen LogP contribution < -0.4 is 10.5 Å². The van der Waals surface area contributed by atoms with Gasteiger partial charge in [0.1, 0.15) is 18.2 Å². The van der Waals surface area contributed by atoms with E-state index in [0.717, 1.165) is 23.7 Å². The van der Waals surface area contributed by atoms with E-state index in [2.05, 4.69) is 4.98 Å². The lowest BCUT2D eigenvalue weighted by molar-refractivity contribution is 0.294. The normalized spacial score (nSPS) is 10.6. The molecule has 0 saturated heterocycles. The monoisotopic (exact) mass is 265 g/mol. The fraction of sp³-hybridized carbons (Fsp3) is 0.308. The van der Waals surface area contributed by atoms with E-state index < -0.39 is 0 Å². The number of nitrogens with zero attached hydrogens (tertiary/aromatic N) is 2. The van der Waals surface area contributed by atoms with Crippen molar-refractivity contribution in [2.45, 2.75) is 20.0 Å². The molecule has 2 N–H and O–H groups in total. The minimum Gasteiger partial charge on any atom is -0.491 e. The number of aromatic nitrogens is 2. The first-order valence-electron chi connectivity index (χ1n) is 5.80. The summed E-state index contributed by atoms with van der Waals surface area (Å²) in [6.07, 6.45) is 3.71. The molecule has 0 unspecified atom stereocenters. The molecule has 0 spiro atoms. The number of nitrogens with two attached hydrogens (primary N) is 1. The molecule has 0 saturated carbocycles. The zero-order valence-corrected chi connectivity index (χ0v) is 11.0. The molecule has 2 rings (SSSR count). The Hall–Kier alpha value is -1.52.